The van der Waals surface area contributed by atoms with Crippen molar-refractivity contribution in [3.05, 3.63) is 58.7 Å². The quantitative estimate of drug-likeness (QED) is 0.178. The van der Waals surface area contributed by atoms with Gasteiger partial charge in [0.1, 0.15) is 11.5 Å². The molecule has 0 aliphatic heterocycles. The van der Waals surface area contributed by atoms with Gasteiger partial charge in [-0.05, 0) is 102 Å². The molecule has 0 aromatic heterocycles. The largest absolute Gasteiger partial charge is 0.543 e. The van der Waals surface area contributed by atoms with E-state index in [0.717, 1.165) is 30.4 Å². The maximum atomic E-state index is 6.94. The number of ether oxygens (including phenoxy) is 2. The predicted octanol–water partition coefficient (Wildman–Crippen LogP) is 8.21. The number of rotatable bonds is 12. The van der Waals surface area contributed by atoms with Crippen LogP contribution in [0.3, 0.4) is 0 Å². The molecule has 0 atom stereocenters. The van der Waals surface area contributed by atoms with E-state index in [4.69, 9.17) is 13.9 Å². The molecule has 4 heteroatoms. The first kappa shape index (κ1) is 25.8. The van der Waals surface area contributed by atoms with Crippen molar-refractivity contribution in [1.82, 2.24) is 0 Å². The molecule has 0 spiro atoms. The van der Waals surface area contributed by atoms with Gasteiger partial charge in [0.15, 0.2) is 6.79 Å². The van der Waals surface area contributed by atoms with Crippen molar-refractivity contribution in [2.45, 2.75) is 91.3 Å². The number of hydrogen-bond donors (Lipinski definition) is 0. The highest BCUT2D eigenvalue weighted by atomic mass is 28.4. The Kier molecular flexibility index (Phi) is 8.69. The van der Waals surface area contributed by atoms with Gasteiger partial charge in [0, 0.05) is 0 Å². The van der Waals surface area contributed by atoms with Gasteiger partial charge in [-0.15, -0.1) is 0 Å². The average Bonchev–Trinajstić information content (AvgIpc) is 3.57. The molecule has 0 unspecified atom stereocenters. The van der Waals surface area contributed by atoms with Crippen LogP contribution in [0.25, 0.3) is 0 Å². The Morgan fingerprint density at radius 2 is 1.36 bits per heavy atom. The van der Waals surface area contributed by atoms with Gasteiger partial charge >= 0.3 is 0 Å². The minimum Gasteiger partial charge on any atom is -0.543 e. The van der Waals surface area contributed by atoms with Gasteiger partial charge in [0.05, 0.1) is 6.61 Å². The van der Waals surface area contributed by atoms with Crippen LogP contribution in [0, 0.1) is 19.8 Å². The molecule has 0 saturated heterocycles. The molecule has 182 valence electrons. The van der Waals surface area contributed by atoms with Crippen molar-refractivity contribution in [1.29, 1.82) is 0 Å². The first-order valence-corrected chi connectivity index (χ1v) is 14.9. The Bertz CT molecular complexity index is 853. The second kappa shape index (κ2) is 11.1. The van der Waals surface area contributed by atoms with Crippen LogP contribution in [0.2, 0.25) is 16.6 Å². The Labute approximate surface area is 203 Å². The Hall–Kier alpha value is -1.78. The Morgan fingerprint density at radius 1 is 0.818 bits per heavy atom. The second-order valence-corrected chi connectivity index (χ2v) is 16.2. The maximum Gasteiger partial charge on any atom is 0.258 e. The van der Waals surface area contributed by atoms with Crippen LogP contribution >= 0.6 is 0 Å². The lowest BCUT2D eigenvalue weighted by molar-refractivity contribution is 0.00997. The minimum atomic E-state index is -1.95. The fourth-order valence-electron chi connectivity index (χ4n) is 5.37. The van der Waals surface area contributed by atoms with Crippen molar-refractivity contribution in [3.63, 3.8) is 0 Å². The molecule has 1 aliphatic carbocycles. The normalized spacial score (nSPS) is 14.4. The van der Waals surface area contributed by atoms with Crippen molar-refractivity contribution >= 4 is 8.32 Å². The Morgan fingerprint density at radius 3 is 1.85 bits per heavy atom. The van der Waals surface area contributed by atoms with Gasteiger partial charge in [-0.25, -0.2) is 0 Å². The molecule has 0 bridgehead atoms. The molecule has 1 aliphatic rings. The van der Waals surface area contributed by atoms with Crippen molar-refractivity contribution in [2.24, 2.45) is 5.92 Å². The second-order valence-electron chi connectivity index (χ2n) is 10.9. The lowest BCUT2D eigenvalue weighted by Gasteiger charge is -2.42. The van der Waals surface area contributed by atoms with Crippen LogP contribution in [0.1, 0.15) is 76.6 Å². The van der Waals surface area contributed by atoms with E-state index in [1.165, 1.54) is 35.1 Å². The van der Waals surface area contributed by atoms with Gasteiger partial charge in [-0.2, -0.15) is 0 Å². The van der Waals surface area contributed by atoms with E-state index in [1.54, 1.807) is 0 Å². The lowest BCUT2D eigenvalue weighted by Crippen LogP contribution is -2.50. The molecule has 3 rings (SSSR count). The molecule has 2 aromatic rings. The highest BCUT2D eigenvalue weighted by Crippen LogP contribution is 2.43. The van der Waals surface area contributed by atoms with Gasteiger partial charge in [-0.1, -0.05) is 53.7 Å². The topological polar surface area (TPSA) is 27.7 Å². The van der Waals surface area contributed by atoms with Crippen LogP contribution in [0.4, 0.5) is 0 Å². The van der Waals surface area contributed by atoms with Gasteiger partial charge in [-0.3, -0.25) is 0 Å². The first-order chi connectivity index (χ1) is 15.6. The Balaban J connectivity index is 1.68. The first-order valence-electron chi connectivity index (χ1n) is 12.7. The van der Waals surface area contributed by atoms with E-state index < -0.39 is 8.32 Å². The molecule has 2 aromatic carbocycles. The number of benzene rings is 2. The van der Waals surface area contributed by atoms with Crippen molar-refractivity contribution in [2.75, 3.05) is 13.4 Å². The summed E-state index contributed by atoms with van der Waals surface area (Å²) in [7, 11) is -1.95. The van der Waals surface area contributed by atoms with E-state index in [1.807, 2.05) is 12.1 Å². The van der Waals surface area contributed by atoms with Crippen LogP contribution in [0.5, 0.6) is 11.5 Å². The van der Waals surface area contributed by atoms with E-state index in [-0.39, 0.29) is 0 Å². The molecule has 33 heavy (non-hydrogen) atoms. The molecule has 0 radical (unpaired) electrons. The summed E-state index contributed by atoms with van der Waals surface area (Å²) in [6.45, 7) is 19.6. The van der Waals surface area contributed by atoms with E-state index in [2.05, 4.69) is 79.7 Å². The third-order valence-corrected chi connectivity index (χ3v) is 13.3. The van der Waals surface area contributed by atoms with Crippen LogP contribution in [0.15, 0.2) is 36.4 Å². The zero-order valence-corrected chi connectivity index (χ0v) is 23.0. The van der Waals surface area contributed by atoms with Crippen LogP contribution in [-0.4, -0.2) is 21.7 Å². The molecular formula is C29H44O3Si. The zero-order valence-electron chi connectivity index (χ0n) is 22.0. The molecule has 0 amide bonds. The zero-order chi connectivity index (χ0) is 24.2. The molecular weight excluding hydrogens is 424 g/mol. The fourth-order valence-corrected chi connectivity index (χ4v) is 10.6. The predicted molar refractivity (Wildman–Crippen MR) is 141 cm³/mol. The van der Waals surface area contributed by atoms with E-state index >= 15 is 0 Å². The van der Waals surface area contributed by atoms with Gasteiger partial charge in [0.2, 0.25) is 0 Å². The monoisotopic (exact) mass is 468 g/mol. The van der Waals surface area contributed by atoms with Gasteiger partial charge < -0.3 is 13.9 Å². The smallest absolute Gasteiger partial charge is 0.258 e. The standard InChI is InChI=1S/C29H44O3Si/c1-20(2)33(21(3)4,22(5)6)32-28-15-23(7)29(24(8)16-28)17-25-11-13-27(14-12-25)31-19-30-18-26-9-10-26/h11-16,20-22,26H,9-10,17-19H2,1-8H3. The van der Waals surface area contributed by atoms with Gasteiger partial charge in [0.25, 0.3) is 8.32 Å². The third-order valence-electron chi connectivity index (χ3n) is 7.33. The summed E-state index contributed by atoms with van der Waals surface area (Å²) in [6, 6.07) is 12.9. The molecule has 1 saturated carbocycles. The molecule has 0 heterocycles. The molecule has 0 N–H and O–H groups in total. The number of hydrogen-bond acceptors (Lipinski definition) is 3. The summed E-state index contributed by atoms with van der Waals surface area (Å²) in [5.74, 6) is 2.68. The van der Waals surface area contributed by atoms with Crippen LogP contribution < -0.4 is 9.16 Å². The summed E-state index contributed by atoms with van der Waals surface area (Å²) in [5.41, 5.74) is 6.98. The molecule has 3 nitrogen and oxygen atoms in total. The average molecular weight is 469 g/mol. The SMILES string of the molecule is Cc1cc(O[Si](C(C)C)(C(C)C)C(C)C)cc(C)c1Cc1ccc(OCOCC2CC2)cc1. The minimum absolute atomic E-state index is 0.337. The van der Waals surface area contributed by atoms with Crippen LogP contribution in [-0.2, 0) is 11.2 Å². The van der Waals surface area contributed by atoms with Crippen molar-refractivity contribution < 1.29 is 13.9 Å². The third kappa shape index (κ3) is 6.42. The van der Waals surface area contributed by atoms with E-state index in [0.29, 0.717) is 23.4 Å². The summed E-state index contributed by atoms with van der Waals surface area (Å²) in [6.07, 6.45) is 3.52. The highest BCUT2D eigenvalue weighted by molar-refractivity contribution is 6.78. The lowest BCUT2D eigenvalue weighted by atomic mass is 9.96. The highest BCUT2D eigenvalue weighted by Gasteiger charge is 2.47. The van der Waals surface area contributed by atoms with E-state index in [9.17, 15) is 0 Å². The summed E-state index contributed by atoms with van der Waals surface area (Å²) >= 11 is 0. The van der Waals surface area contributed by atoms with Crippen molar-refractivity contribution in [3.8, 4) is 11.5 Å². The maximum absolute atomic E-state index is 6.94. The summed E-state index contributed by atoms with van der Waals surface area (Å²) in [4.78, 5) is 0. The summed E-state index contributed by atoms with van der Waals surface area (Å²) < 4.78 is 18.2. The fraction of sp³-hybridized carbons (Fsp3) is 0.586. The summed E-state index contributed by atoms with van der Waals surface area (Å²) in [5, 5.41) is 0. The molecule has 1 fully saturated rings. The number of aryl methyl sites for hydroxylation is 2.